The Hall–Kier alpha value is -3.74. The van der Waals surface area contributed by atoms with E-state index in [1.807, 2.05) is 11.1 Å². The molecule has 0 spiro atoms. The number of carbonyl (C=O) groups is 2. The van der Waals surface area contributed by atoms with Crippen LogP contribution in [-0.2, 0) is 15.1 Å². The van der Waals surface area contributed by atoms with Crippen molar-refractivity contribution in [3.8, 4) is 17.3 Å². The Morgan fingerprint density at radius 1 is 1.26 bits per heavy atom. The van der Waals surface area contributed by atoms with Gasteiger partial charge in [0.2, 0.25) is 5.91 Å². The molecule has 2 aliphatic rings. The zero-order valence-corrected chi connectivity index (χ0v) is 19.6. The Morgan fingerprint density at radius 3 is 2.71 bits per heavy atom. The molecule has 1 aliphatic heterocycles. The van der Waals surface area contributed by atoms with Gasteiger partial charge in [-0.3, -0.25) is 9.48 Å². The maximum atomic E-state index is 12.5. The molecule has 10 nitrogen and oxygen atoms in total. The third kappa shape index (κ3) is 3.91. The minimum atomic E-state index is -0.653. The highest BCUT2D eigenvalue weighted by Crippen LogP contribution is 2.38. The third-order valence-corrected chi connectivity index (χ3v) is 6.48. The van der Waals surface area contributed by atoms with Crippen molar-refractivity contribution < 1.29 is 14.4 Å². The number of carbonyl (C=O) groups excluding carboxylic acids is 2. The smallest absolute Gasteiger partial charge is 0.338 e. The highest BCUT2D eigenvalue weighted by atomic mass is 16.7. The molecular formula is C24H27N7O3. The van der Waals surface area contributed by atoms with Crippen LogP contribution in [0.4, 0.5) is 0 Å². The second kappa shape index (κ2) is 7.94. The van der Waals surface area contributed by atoms with Crippen molar-refractivity contribution in [3.63, 3.8) is 0 Å². The van der Waals surface area contributed by atoms with E-state index in [0.29, 0.717) is 42.2 Å². The van der Waals surface area contributed by atoms with Crippen molar-refractivity contribution >= 4 is 22.9 Å². The molecule has 5 rings (SSSR count). The molecule has 4 heterocycles. The predicted molar refractivity (Wildman–Crippen MR) is 122 cm³/mol. The number of nitriles is 1. The molecule has 1 aliphatic carbocycles. The summed E-state index contributed by atoms with van der Waals surface area (Å²) in [5, 5.41) is 14.7. The van der Waals surface area contributed by atoms with Crippen LogP contribution in [0, 0.1) is 22.7 Å². The van der Waals surface area contributed by atoms with E-state index in [1.165, 1.54) is 11.1 Å². The number of rotatable bonds is 6. The van der Waals surface area contributed by atoms with Crippen LogP contribution in [0.5, 0.6) is 0 Å². The second-order valence-corrected chi connectivity index (χ2v) is 10.4. The van der Waals surface area contributed by atoms with Crippen molar-refractivity contribution in [2.45, 2.75) is 52.0 Å². The van der Waals surface area contributed by atoms with Crippen LogP contribution < -0.4 is 4.84 Å². The van der Waals surface area contributed by atoms with Crippen molar-refractivity contribution in [3.05, 3.63) is 31.0 Å². The first kappa shape index (κ1) is 22.1. The molecule has 2 fully saturated rings. The first-order chi connectivity index (χ1) is 16.2. The van der Waals surface area contributed by atoms with Gasteiger partial charge in [0.05, 0.1) is 29.8 Å². The van der Waals surface area contributed by atoms with Crippen LogP contribution in [0.15, 0.2) is 31.0 Å². The fourth-order valence-corrected chi connectivity index (χ4v) is 4.19. The minimum Gasteiger partial charge on any atom is -0.338 e. The summed E-state index contributed by atoms with van der Waals surface area (Å²) in [7, 11) is 0. The normalized spacial score (nSPS) is 17.3. The van der Waals surface area contributed by atoms with E-state index in [9.17, 15) is 14.9 Å². The average molecular weight is 462 g/mol. The van der Waals surface area contributed by atoms with E-state index in [1.54, 1.807) is 43.9 Å². The molecule has 1 saturated heterocycles. The summed E-state index contributed by atoms with van der Waals surface area (Å²) in [6.45, 7) is 6.31. The molecule has 1 saturated carbocycles. The topological polar surface area (TPSA) is 119 Å². The SMILES string of the molecule is CC(C)(C)C(=O)On1ccc2c(-c3cnn(C4(CC#N)CN(C(=O)CC5CC5)C4)c3)ncnc21. The second-order valence-electron chi connectivity index (χ2n) is 10.4. The number of likely N-dealkylation sites (tertiary alicyclic amines) is 1. The largest absolute Gasteiger partial charge is 0.338 e. The summed E-state index contributed by atoms with van der Waals surface area (Å²) >= 11 is 0. The Morgan fingerprint density at radius 2 is 2.03 bits per heavy atom. The van der Waals surface area contributed by atoms with Gasteiger partial charge >= 0.3 is 5.97 Å². The van der Waals surface area contributed by atoms with Gasteiger partial charge in [0.25, 0.3) is 0 Å². The Bertz CT molecular complexity index is 1300. The lowest BCUT2D eigenvalue weighted by atomic mass is 9.86. The molecule has 176 valence electrons. The Kier molecular flexibility index (Phi) is 5.15. The van der Waals surface area contributed by atoms with Gasteiger partial charge in [-0.15, -0.1) is 0 Å². The molecule has 0 radical (unpaired) electrons. The molecular weight excluding hydrogens is 434 g/mol. The van der Waals surface area contributed by atoms with Crippen LogP contribution in [0.1, 0.15) is 46.5 Å². The summed E-state index contributed by atoms with van der Waals surface area (Å²) in [6.07, 6.45) is 9.76. The zero-order chi connectivity index (χ0) is 24.1. The molecule has 0 aromatic carbocycles. The quantitative estimate of drug-likeness (QED) is 0.553. The van der Waals surface area contributed by atoms with E-state index < -0.39 is 11.0 Å². The molecule has 10 heteroatoms. The lowest BCUT2D eigenvalue weighted by Crippen LogP contribution is -2.64. The molecule has 0 N–H and O–H groups in total. The van der Waals surface area contributed by atoms with Gasteiger partial charge in [-0.1, -0.05) is 0 Å². The fraction of sp³-hybridized carbons (Fsp3) is 0.500. The Balaban J connectivity index is 1.40. The third-order valence-electron chi connectivity index (χ3n) is 6.48. The molecule has 0 bridgehead atoms. The van der Waals surface area contributed by atoms with Crippen LogP contribution in [0.25, 0.3) is 22.3 Å². The summed E-state index contributed by atoms with van der Waals surface area (Å²) in [6, 6.07) is 4.05. The maximum Gasteiger partial charge on any atom is 0.338 e. The highest BCUT2D eigenvalue weighted by molar-refractivity contribution is 5.90. The van der Waals surface area contributed by atoms with Crippen molar-refractivity contribution in [1.82, 2.24) is 29.4 Å². The number of hydrogen-bond acceptors (Lipinski definition) is 7. The van der Waals surface area contributed by atoms with E-state index in [-0.39, 0.29) is 18.3 Å². The molecule has 1 amide bonds. The average Bonchev–Trinajstić information content (AvgIpc) is 3.27. The van der Waals surface area contributed by atoms with Gasteiger partial charge in [-0.25, -0.2) is 14.8 Å². The number of nitrogens with zero attached hydrogens (tertiary/aromatic N) is 7. The van der Waals surface area contributed by atoms with Crippen LogP contribution >= 0.6 is 0 Å². The minimum absolute atomic E-state index is 0.159. The summed E-state index contributed by atoms with van der Waals surface area (Å²) in [4.78, 5) is 40.9. The number of fused-ring (bicyclic) bond motifs is 1. The number of hydrogen-bond donors (Lipinski definition) is 0. The summed E-state index contributed by atoms with van der Waals surface area (Å²) in [5.74, 6) is 0.319. The monoisotopic (exact) mass is 461 g/mol. The van der Waals surface area contributed by atoms with E-state index >= 15 is 0 Å². The summed E-state index contributed by atoms with van der Waals surface area (Å²) in [5.41, 5.74) is 0.691. The maximum absolute atomic E-state index is 12.5. The van der Waals surface area contributed by atoms with E-state index in [2.05, 4.69) is 21.1 Å². The lowest BCUT2D eigenvalue weighted by Gasteiger charge is -2.49. The lowest BCUT2D eigenvalue weighted by molar-refractivity contribution is -0.152. The predicted octanol–water partition coefficient (Wildman–Crippen LogP) is 2.55. The van der Waals surface area contributed by atoms with E-state index in [0.717, 1.165) is 18.4 Å². The van der Waals surface area contributed by atoms with Crippen molar-refractivity contribution in [2.24, 2.45) is 11.3 Å². The van der Waals surface area contributed by atoms with Crippen LogP contribution in [-0.4, -0.2) is 54.3 Å². The first-order valence-electron chi connectivity index (χ1n) is 11.5. The van der Waals surface area contributed by atoms with Crippen molar-refractivity contribution in [1.29, 1.82) is 5.26 Å². The molecule has 34 heavy (non-hydrogen) atoms. The van der Waals surface area contributed by atoms with Gasteiger partial charge in [-0.2, -0.15) is 15.1 Å². The van der Waals surface area contributed by atoms with Crippen LogP contribution in [0.2, 0.25) is 0 Å². The van der Waals surface area contributed by atoms with Crippen LogP contribution in [0.3, 0.4) is 0 Å². The van der Waals surface area contributed by atoms with Gasteiger partial charge in [0, 0.05) is 42.9 Å². The molecule has 3 aromatic heterocycles. The van der Waals surface area contributed by atoms with Gasteiger partial charge < -0.3 is 9.74 Å². The number of amides is 1. The zero-order valence-electron chi connectivity index (χ0n) is 19.6. The van der Waals surface area contributed by atoms with Crippen molar-refractivity contribution in [2.75, 3.05) is 13.1 Å². The molecule has 0 unspecified atom stereocenters. The fourth-order valence-electron chi connectivity index (χ4n) is 4.19. The first-order valence-corrected chi connectivity index (χ1v) is 11.5. The standard InChI is InChI=1S/C24H27N7O3/c1-23(2,3)22(33)34-30-9-6-18-20(26-15-27-21(18)30)17-11-28-31(12-17)24(7-8-25)13-29(14-24)19(32)10-16-4-5-16/h6,9,11-12,15-16H,4-5,7,10,13-14H2,1-3H3. The van der Waals surface area contributed by atoms with Gasteiger partial charge in [0.15, 0.2) is 5.65 Å². The van der Waals surface area contributed by atoms with Gasteiger partial charge in [0.1, 0.15) is 11.9 Å². The van der Waals surface area contributed by atoms with E-state index in [4.69, 9.17) is 4.84 Å². The Labute approximate surface area is 197 Å². The molecule has 3 aromatic rings. The van der Waals surface area contributed by atoms with Gasteiger partial charge in [-0.05, 0) is 45.6 Å². The molecule has 0 atom stereocenters. The summed E-state index contributed by atoms with van der Waals surface area (Å²) < 4.78 is 3.14. The number of aromatic nitrogens is 5. The highest BCUT2D eigenvalue weighted by Gasteiger charge is 2.48.